The molecule has 0 aliphatic carbocycles. The first-order valence-corrected chi connectivity index (χ1v) is 5.01. The number of aliphatic hydroxyl groups is 1. The molecule has 0 spiro atoms. The highest BCUT2D eigenvalue weighted by Crippen LogP contribution is 2.19. The summed E-state index contributed by atoms with van der Waals surface area (Å²) >= 11 is 0. The zero-order valence-electron chi connectivity index (χ0n) is 8.45. The molecule has 1 heterocycles. The number of rotatable bonds is 3. The van der Waals surface area contributed by atoms with Crippen molar-refractivity contribution in [2.75, 3.05) is 13.1 Å². The molecule has 3 unspecified atom stereocenters. The Bertz CT molecular complexity index is 136. The van der Waals surface area contributed by atoms with Crippen LogP contribution in [-0.4, -0.2) is 35.2 Å². The van der Waals surface area contributed by atoms with E-state index in [4.69, 9.17) is 0 Å². The Morgan fingerprint density at radius 2 is 2.17 bits per heavy atom. The van der Waals surface area contributed by atoms with Crippen molar-refractivity contribution in [2.45, 2.75) is 45.8 Å². The predicted octanol–water partition coefficient (Wildman–Crippen LogP) is 1.49. The minimum Gasteiger partial charge on any atom is -0.393 e. The van der Waals surface area contributed by atoms with Gasteiger partial charge in [0.1, 0.15) is 0 Å². The summed E-state index contributed by atoms with van der Waals surface area (Å²) in [6.07, 6.45) is 2.08. The lowest BCUT2D eigenvalue weighted by Gasteiger charge is -2.25. The van der Waals surface area contributed by atoms with E-state index in [-0.39, 0.29) is 6.10 Å². The topological polar surface area (TPSA) is 23.5 Å². The highest BCUT2D eigenvalue weighted by Gasteiger charge is 2.23. The molecule has 12 heavy (non-hydrogen) atoms. The van der Waals surface area contributed by atoms with Crippen LogP contribution in [0.2, 0.25) is 0 Å². The summed E-state index contributed by atoms with van der Waals surface area (Å²) in [6, 6.07) is 0.551. The van der Waals surface area contributed by atoms with Crippen LogP contribution in [0.4, 0.5) is 0 Å². The number of hydrogen-bond acceptors (Lipinski definition) is 2. The van der Waals surface area contributed by atoms with E-state index in [1.54, 1.807) is 0 Å². The zero-order chi connectivity index (χ0) is 9.14. The number of nitrogens with zero attached hydrogens (tertiary/aromatic N) is 1. The number of likely N-dealkylation sites (tertiary alicyclic amines) is 1. The summed E-state index contributed by atoms with van der Waals surface area (Å²) in [4.78, 5) is 2.48. The van der Waals surface area contributed by atoms with Crippen LogP contribution in [0.15, 0.2) is 0 Å². The summed E-state index contributed by atoms with van der Waals surface area (Å²) in [5.41, 5.74) is 0. The monoisotopic (exact) mass is 171 g/mol. The summed E-state index contributed by atoms with van der Waals surface area (Å²) in [6.45, 7) is 8.82. The van der Waals surface area contributed by atoms with E-state index in [2.05, 4.69) is 18.7 Å². The molecule has 0 aromatic carbocycles. The number of aliphatic hydroxyl groups excluding tert-OH is 1. The van der Waals surface area contributed by atoms with Gasteiger partial charge in [-0.2, -0.15) is 0 Å². The average molecular weight is 171 g/mol. The molecule has 72 valence electrons. The lowest BCUT2D eigenvalue weighted by atomic mass is 10.1. The molecule has 1 N–H and O–H groups in total. The van der Waals surface area contributed by atoms with Crippen molar-refractivity contribution in [3.05, 3.63) is 0 Å². The lowest BCUT2D eigenvalue weighted by molar-refractivity contribution is 0.131. The molecule has 0 saturated carbocycles. The van der Waals surface area contributed by atoms with Crippen molar-refractivity contribution >= 4 is 0 Å². The molecule has 1 saturated heterocycles. The third-order valence-corrected chi connectivity index (χ3v) is 2.76. The normalized spacial score (nSPS) is 30.5. The van der Waals surface area contributed by atoms with E-state index >= 15 is 0 Å². The van der Waals surface area contributed by atoms with Crippen LogP contribution < -0.4 is 0 Å². The molecule has 1 aliphatic rings. The van der Waals surface area contributed by atoms with Gasteiger partial charge in [0.15, 0.2) is 0 Å². The molecule has 2 nitrogen and oxygen atoms in total. The van der Waals surface area contributed by atoms with Crippen molar-refractivity contribution in [1.29, 1.82) is 0 Å². The second-order valence-electron chi connectivity index (χ2n) is 4.32. The van der Waals surface area contributed by atoms with Crippen LogP contribution in [0.3, 0.4) is 0 Å². The van der Waals surface area contributed by atoms with Crippen molar-refractivity contribution in [3.63, 3.8) is 0 Å². The maximum absolute atomic E-state index is 9.22. The van der Waals surface area contributed by atoms with Gasteiger partial charge in [0.25, 0.3) is 0 Å². The first kappa shape index (κ1) is 10.0. The van der Waals surface area contributed by atoms with Crippen molar-refractivity contribution in [1.82, 2.24) is 4.90 Å². The summed E-state index contributed by atoms with van der Waals surface area (Å²) in [7, 11) is 0. The minimum atomic E-state index is -0.157. The van der Waals surface area contributed by atoms with Crippen molar-refractivity contribution in [3.8, 4) is 0 Å². The molecule has 1 aliphatic heterocycles. The van der Waals surface area contributed by atoms with E-state index < -0.39 is 0 Å². The Kier molecular flexibility index (Phi) is 3.53. The SMILES string of the molecule is CC(O)CC(C)N1CCC(C)C1. The molecule has 0 radical (unpaired) electrons. The van der Waals surface area contributed by atoms with Crippen LogP contribution in [0, 0.1) is 5.92 Å². The molecular weight excluding hydrogens is 150 g/mol. The van der Waals surface area contributed by atoms with Crippen LogP contribution in [0.5, 0.6) is 0 Å². The fourth-order valence-corrected chi connectivity index (χ4v) is 2.01. The standard InChI is InChI=1S/C10H21NO/c1-8-4-5-11(7-8)9(2)6-10(3)12/h8-10,12H,4-7H2,1-3H3. The molecule has 0 aromatic rings. The first-order valence-electron chi connectivity index (χ1n) is 5.01. The smallest absolute Gasteiger partial charge is 0.0526 e. The van der Waals surface area contributed by atoms with Gasteiger partial charge in [-0.25, -0.2) is 0 Å². The average Bonchev–Trinajstić information content (AvgIpc) is 2.34. The van der Waals surface area contributed by atoms with Crippen LogP contribution in [0.1, 0.15) is 33.6 Å². The Labute approximate surface area is 75.6 Å². The maximum Gasteiger partial charge on any atom is 0.0526 e. The van der Waals surface area contributed by atoms with Gasteiger partial charge in [-0.1, -0.05) is 6.92 Å². The predicted molar refractivity (Wildman–Crippen MR) is 51.1 cm³/mol. The van der Waals surface area contributed by atoms with Gasteiger partial charge in [0.05, 0.1) is 6.10 Å². The third kappa shape index (κ3) is 2.76. The fourth-order valence-electron chi connectivity index (χ4n) is 2.01. The summed E-state index contributed by atoms with van der Waals surface area (Å²) in [5.74, 6) is 0.849. The summed E-state index contributed by atoms with van der Waals surface area (Å²) < 4.78 is 0. The van der Waals surface area contributed by atoms with Crippen LogP contribution in [-0.2, 0) is 0 Å². The van der Waals surface area contributed by atoms with Crippen LogP contribution in [0.25, 0.3) is 0 Å². The molecule has 1 rings (SSSR count). The van der Waals surface area contributed by atoms with Gasteiger partial charge in [-0.3, -0.25) is 0 Å². The molecule has 3 atom stereocenters. The van der Waals surface area contributed by atoms with E-state index in [9.17, 15) is 5.11 Å². The molecule has 2 heteroatoms. The number of hydrogen-bond donors (Lipinski definition) is 1. The highest BCUT2D eigenvalue weighted by molar-refractivity contribution is 4.77. The molecular formula is C10H21NO. The maximum atomic E-state index is 9.22. The van der Waals surface area contributed by atoms with Gasteiger partial charge in [-0.05, 0) is 39.2 Å². The fraction of sp³-hybridized carbons (Fsp3) is 1.00. The van der Waals surface area contributed by atoms with Crippen LogP contribution >= 0.6 is 0 Å². The Balaban J connectivity index is 2.28. The molecule has 0 aromatic heterocycles. The van der Waals surface area contributed by atoms with Gasteiger partial charge >= 0.3 is 0 Å². The third-order valence-electron chi connectivity index (χ3n) is 2.76. The van der Waals surface area contributed by atoms with E-state index in [0.717, 1.165) is 12.3 Å². The zero-order valence-corrected chi connectivity index (χ0v) is 8.45. The molecule has 0 amide bonds. The van der Waals surface area contributed by atoms with Gasteiger partial charge in [-0.15, -0.1) is 0 Å². The Morgan fingerprint density at radius 1 is 1.50 bits per heavy atom. The minimum absolute atomic E-state index is 0.157. The largest absolute Gasteiger partial charge is 0.393 e. The lowest BCUT2D eigenvalue weighted by Crippen LogP contribution is -2.33. The van der Waals surface area contributed by atoms with Gasteiger partial charge in [0, 0.05) is 12.6 Å². The Morgan fingerprint density at radius 3 is 2.58 bits per heavy atom. The van der Waals surface area contributed by atoms with Crippen molar-refractivity contribution in [2.24, 2.45) is 5.92 Å². The molecule has 0 bridgehead atoms. The first-order chi connectivity index (χ1) is 5.59. The van der Waals surface area contributed by atoms with Crippen molar-refractivity contribution < 1.29 is 5.11 Å². The van der Waals surface area contributed by atoms with Gasteiger partial charge < -0.3 is 10.0 Å². The summed E-state index contributed by atoms with van der Waals surface area (Å²) in [5, 5.41) is 9.22. The highest BCUT2D eigenvalue weighted by atomic mass is 16.3. The van der Waals surface area contributed by atoms with E-state index in [1.807, 2.05) is 6.92 Å². The second-order valence-corrected chi connectivity index (χ2v) is 4.32. The second kappa shape index (κ2) is 4.24. The van der Waals surface area contributed by atoms with E-state index in [0.29, 0.717) is 6.04 Å². The van der Waals surface area contributed by atoms with Gasteiger partial charge in [0.2, 0.25) is 0 Å². The quantitative estimate of drug-likeness (QED) is 0.695. The molecule has 1 fully saturated rings. The van der Waals surface area contributed by atoms with E-state index in [1.165, 1.54) is 19.5 Å². The Hall–Kier alpha value is -0.0800.